The van der Waals surface area contributed by atoms with Crippen molar-refractivity contribution in [2.24, 2.45) is 13.0 Å². The number of aryl methyl sites for hydroxylation is 2. The molecule has 1 aliphatic rings. The molecule has 5 heteroatoms. The second-order valence-electron chi connectivity index (χ2n) is 8.18. The van der Waals surface area contributed by atoms with E-state index in [9.17, 15) is 4.79 Å². The van der Waals surface area contributed by atoms with Gasteiger partial charge in [-0.1, -0.05) is 30.4 Å². The maximum Gasteiger partial charge on any atom is 0.257 e. The van der Waals surface area contributed by atoms with Crippen LogP contribution in [0.1, 0.15) is 46.6 Å². The predicted molar refractivity (Wildman–Crippen MR) is 117 cm³/mol. The number of fused-ring (bicyclic) bond motifs is 1. The van der Waals surface area contributed by atoms with Crippen molar-refractivity contribution in [3.63, 3.8) is 0 Å². The van der Waals surface area contributed by atoms with Gasteiger partial charge in [-0.2, -0.15) is 5.10 Å². The smallest absolute Gasteiger partial charge is 0.257 e. The van der Waals surface area contributed by atoms with Gasteiger partial charge in [-0.3, -0.25) is 9.48 Å². The van der Waals surface area contributed by atoms with Crippen LogP contribution in [0.15, 0.2) is 42.6 Å². The summed E-state index contributed by atoms with van der Waals surface area (Å²) >= 11 is 0. The second kappa shape index (κ2) is 8.27. The van der Waals surface area contributed by atoms with Gasteiger partial charge in [-0.05, 0) is 57.1 Å². The minimum absolute atomic E-state index is 0.113. The standard InChI is InChI=1S/C24H30N4O/c1-17-23(18(2)27(3)26-17)24(29)28(16-19-9-5-4-6-10-19)14-13-20-15-25-22-12-8-7-11-21(20)22/h4-5,7-8,11-12,15,19,25H,6,9-10,13-14,16H2,1-3H3. The van der Waals surface area contributed by atoms with Gasteiger partial charge in [-0.25, -0.2) is 0 Å². The van der Waals surface area contributed by atoms with Crippen LogP contribution in [0.3, 0.4) is 0 Å². The minimum Gasteiger partial charge on any atom is -0.361 e. The Morgan fingerprint density at radius 2 is 2.10 bits per heavy atom. The molecule has 2 aromatic heterocycles. The minimum atomic E-state index is 0.113. The van der Waals surface area contributed by atoms with Gasteiger partial charge in [0.15, 0.2) is 0 Å². The Morgan fingerprint density at radius 1 is 1.28 bits per heavy atom. The van der Waals surface area contributed by atoms with Crippen molar-refractivity contribution in [2.75, 3.05) is 13.1 Å². The fourth-order valence-corrected chi connectivity index (χ4v) is 4.44. The first kappa shape index (κ1) is 19.5. The molecule has 1 aliphatic carbocycles. The van der Waals surface area contributed by atoms with E-state index in [1.54, 1.807) is 0 Å². The molecule has 0 bridgehead atoms. The van der Waals surface area contributed by atoms with Crippen LogP contribution in [0, 0.1) is 19.8 Å². The van der Waals surface area contributed by atoms with Gasteiger partial charge in [0.05, 0.1) is 11.3 Å². The molecule has 1 atom stereocenters. The largest absolute Gasteiger partial charge is 0.361 e. The van der Waals surface area contributed by atoms with Gasteiger partial charge >= 0.3 is 0 Å². The Balaban J connectivity index is 1.57. The molecule has 1 aromatic carbocycles. The summed E-state index contributed by atoms with van der Waals surface area (Å²) in [5.74, 6) is 0.645. The van der Waals surface area contributed by atoms with Crippen LogP contribution in [0.25, 0.3) is 10.9 Å². The highest BCUT2D eigenvalue weighted by Crippen LogP contribution is 2.23. The summed E-state index contributed by atoms with van der Waals surface area (Å²) < 4.78 is 1.81. The van der Waals surface area contributed by atoms with Crippen molar-refractivity contribution in [2.45, 2.75) is 39.5 Å². The van der Waals surface area contributed by atoms with E-state index in [-0.39, 0.29) is 5.91 Å². The Kier molecular flexibility index (Phi) is 5.56. The Hall–Kier alpha value is -2.82. The fourth-order valence-electron chi connectivity index (χ4n) is 4.44. The predicted octanol–water partition coefficient (Wildman–Crippen LogP) is 4.56. The van der Waals surface area contributed by atoms with E-state index in [1.807, 2.05) is 31.6 Å². The summed E-state index contributed by atoms with van der Waals surface area (Å²) in [4.78, 5) is 19.0. The lowest BCUT2D eigenvalue weighted by atomic mass is 9.93. The van der Waals surface area contributed by atoms with E-state index < -0.39 is 0 Å². The number of para-hydroxylation sites is 1. The lowest BCUT2D eigenvalue weighted by molar-refractivity contribution is 0.0725. The van der Waals surface area contributed by atoms with Gasteiger partial charge in [0.2, 0.25) is 0 Å². The molecule has 0 saturated heterocycles. The van der Waals surface area contributed by atoms with E-state index >= 15 is 0 Å². The number of rotatable bonds is 6. The van der Waals surface area contributed by atoms with Gasteiger partial charge in [0.25, 0.3) is 5.91 Å². The topological polar surface area (TPSA) is 53.9 Å². The van der Waals surface area contributed by atoms with Crippen LogP contribution in [0.4, 0.5) is 0 Å². The third-order valence-corrected chi connectivity index (χ3v) is 6.19. The molecule has 2 heterocycles. The molecule has 0 fully saturated rings. The zero-order valence-corrected chi connectivity index (χ0v) is 17.6. The molecule has 0 radical (unpaired) electrons. The maximum atomic E-state index is 13.5. The van der Waals surface area contributed by atoms with Crippen LogP contribution in [-0.4, -0.2) is 38.7 Å². The molecule has 152 valence electrons. The highest BCUT2D eigenvalue weighted by Gasteiger charge is 2.25. The number of H-pyrrole nitrogens is 1. The molecule has 29 heavy (non-hydrogen) atoms. The van der Waals surface area contributed by atoms with Crippen LogP contribution >= 0.6 is 0 Å². The zero-order chi connectivity index (χ0) is 20.4. The monoisotopic (exact) mass is 390 g/mol. The number of allylic oxidation sites excluding steroid dienone is 2. The first-order chi connectivity index (χ1) is 14.0. The Labute approximate surface area is 172 Å². The van der Waals surface area contributed by atoms with Crippen LogP contribution < -0.4 is 0 Å². The van der Waals surface area contributed by atoms with Crippen molar-refractivity contribution >= 4 is 16.8 Å². The first-order valence-electron chi connectivity index (χ1n) is 10.5. The van der Waals surface area contributed by atoms with Crippen molar-refractivity contribution in [1.82, 2.24) is 19.7 Å². The number of hydrogen-bond donors (Lipinski definition) is 1. The van der Waals surface area contributed by atoms with Crippen LogP contribution in [0.2, 0.25) is 0 Å². The molecule has 1 N–H and O–H groups in total. The summed E-state index contributed by atoms with van der Waals surface area (Å²) in [6.45, 7) is 5.43. The second-order valence-corrected chi connectivity index (χ2v) is 8.18. The van der Waals surface area contributed by atoms with Crippen molar-refractivity contribution < 1.29 is 4.79 Å². The fraction of sp³-hybridized carbons (Fsp3) is 0.417. The van der Waals surface area contributed by atoms with E-state index in [4.69, 9.17) is 0 Å². The van der Waals surface area contributed by atoms with Crippen molar-refractivity contribution in [1.29, 1.82) is 0 Å². The number of amides is 1. The van der Waals surface area contributed by atoms with Crippen molar-refractivity contribution in [3.8, 4) is 0 Å². The molecule has 3 aromatic rings. The summed E-state index contributed by atoms with van der Waals surface area (Å²) in [5.41, 5.74) is 4.93. The summed E-state index contributed by atoms with van der Waals surface area (Å²) in [7, 11) is 1.90. The van der Waals surface area contributed by atoms with E-state index in [0.29, 0.717) is 12.5 Å². The summed E-state index contributed by atoms with van der Waals surface area (Å²) in [5, 5.41) is 5.71. The number of carbonyl (C=O) groups excluding carboxylic acids is 1. The number of hydrogen-bond acceptors (Lipinski definition) is 2. The number of nitrogens with zero attached hydrogens (tertiary/aromatic N) is 3. The normalized spacial score (nSPS) is 16.4. The quantitative estimate of drug-likeness (QED) is 0.627. The molecule has 0 saturated carbocycles. The van der Waals surface area contributed by atoms with E-state index in [1.165, 1.54) is 10.9 Å². The lowest BCUT2D eigenvalue weighted by Gasteiger charge is -2.28. The van der Waals surface area contributed by atoms with Gasteiger partial charge in [0, 0.05) is 42.9 Å². The zero-order valence-electron chi connectivity index (χ0n) is 17.6. The summed E-state index contributed by atoms with van der Waals surface area (Å²) in [6, 6.07) is 8.36. The van der Waals surface area contributed by atoms with E-state index in [2.05, 4.69) is 51.5 Å². The van der Waals surface area contributed by atoms with E-state index in [0.717, 1.165) is 54.7 Å². The summed E-state index contributed by atoms with van der Waals surface area (Å²) in [6.07, 6.45) is 10.8. The average Bonchev–Trinajstić information content (AvgIpc) is 3.25. The molecule has 1 unspecified atom stereocenters. The number of nitrogens with one attached hydrogen (secondary N) is 1. The number of aromatic amines is 1. The molecule has 4 rings (SSSR count). The number of aromatic nitrogens is 3. The molecule has 0 spiro atoms. The highest BCUT2D eigenvalue weighted by atomic mass is 16.2. The third-order valence-electron chi connectivity index (χ3n) is 6.19. The molecule has 1 amide bonds. The van der Waals surface area contributed by atoms with Gasteiger partial charge in [-0.15, -0.1) is 0 Å². The lowest BCUT2D eigenvalue weighted by Crippen LogP contribution is -2.37. The Bertz CT molecular complexity index is 1040. The third kappa shape index (κ3) is 4.00. The van der Waals surface area contributed by atoms with Gasteiger partial charge in [0.1, 0.15) is 0 Å². The highest BCUT2D eigenvalue weighted by molar-refractivity contribution is 5.96. The first-order valence-corrected chi connectivity index (χ1v) is 10.5. The Morgan fingerprint density at radius 3 is 2.83 bits per heavy atom. The molecular weight excluding hydrogens is 360 g/mol. The maximum absolute atomic E-state index is 13.5. The average molecular weight is 391 g/mol. The SMILES string of the molecule is Cc1nn(C)c(C)c1C(=O)N(CCc1c[nH]c2ccccc12)CC1CC=CCC1. The molecular formula is C24H30N4O. The molecule has 5 nitrogen and oxygen atoms in total. The van der Waals surface area contributed by atoms with Crippen LogP contribution in [-0.2, 0) is 13.5 Å². The van der Waals surface area contributed by atoms with Gasteiger partial charge < -0.3 is 9.88 Å². The number of benzene rings is 1. The van der Waals surface area contributed by atoms with Crippen molar-refractivity contribution in [3.05, 3.63) is 65.1 Å². The number of carbonyl (C=O) groups is 1. The molecule has 0 aliphatic heterocycles. The van der Waals surface area contributed by atoms with Crippen LogP contribution in [0.5, 0.6) is 0 Å².